The number of ether oxygens (including phenoxy) is 1. The van der Waals surface area contributed by atoms with Crippen LogP contribution in [0.15, 0.2) is 16.6 Å². The van der Waals surface area contributed by atoms with E-state index in [1.54, 1.807) is 31.8 Å². The van der Waals surface area contributed by atoms with Crippen molar-refractivity contribution in [1.82, 2.24) is 13.7 Å². The van der Waals surface area contributed by atoms with Crippen LogP contribution in [0.2, 0.25) is 0 Å². The summed E-state index contributed by atoms with van der Waals surface area (Å²) in [6.07, 6.45) is 2.36. The number of sulfonamides is 1. The van der Waals surface area contributed by atoms with Crippen LogP contribution >= 0.6 is 11.3 Å². The maximum atomic E-state index is 12.7. The first-order chi connectivity index (χ1) is 9.52. The zero-order valence-electron chi connectivity index (χ0n) is 11.7. The molecule has 20 heavy (non-hydrogen) atoms. The molecule has 0 aliphatic rings. The molecule has 0 spiro atoms. The fourth-order valence-corrected chi connectivity index (χ4v) is 4.10. The van der Waals surface area contributed by atoms with Gasteiger partial charge in [0.1, 0.15) is 0 Å². The number of aromatic nitrogens is 2. The van der Waals surface area contributed by atoms with Crippen molar-refractivity contribution < 1.29 is 13.2 Å². The minimum atomic E-state index is -3.59. The lowest BCUT2D eigenvalue weighted by Gasteiger charge is -2.17. The molecule has 0 amide bonds. The van der Waals surface area contributed by atoms with E-state index in [-0.39, 0.29) is 5.03 Å². The molecule has 2 aromatic rings. The number of hydrogen-bond donors (Lipinski definition) is 1. The minimum Gasteiger partial charge on any atom is -0.385 e. The van der Waals surface area contributed by atoms with Crippen LogP contribution in [0, 0.1) is 0 Å². The molecular formula is C11H18N4O3S2. The summed E-state index contributed by atoms with van der Waals surface area (Å²) in [4.78, 5) is 4.93. The summed E-state index contributed by atoms with van der Waals surface area (Å²) in [5, 5.41) is 4.83. The maximum Gasteiger partial charge on any atom is 0.262 e. The van der Waals surface area contributed by atoms with Gasteiger partial charge in [-0.15, -0.1) is 11.3 Å². The molecular weight excluding hydrogens is 300 g/mol. The van der Waals surface area contributed by atoms with Crippen molar-refractivity contribution in [2.45, 2.75) is 11.4 Å². The highest BCUT2D eigenvalue weighted by atomic mass is 32.2. The van der Waals surface area contributed by atoms with E-state index < -0.39 is 10.0 Å². The fourth-order valence-electron chi connectivity index (χ4n) is 1.87. The van der Waals surface area contributed by atoms with Crippen LogP contribution in [0.1, 0.15) is 6.42 Å². The average Bonchev–Trinajstić information content (AvgIpc) is 2.97. The summed E-state index contributed by atoms with van der Waals surface area (Å²) in [6.45, 7) is 0.926. The molecule has 0 saturated heterocycles. The number of anilines is 1. The Kier molecular flexibility index (Phi) is 4.63. The monoisotopic (exact) mass is 318 g/mol. The molecule has 9 heteroatoms. The number of methoxy groups -OCH3 is 1. The maximum absolute atomic E-state index is 12.7. The normalized spacial score (nSPS) is 12.4. The van der Waals surface area contributed by atoms with Gasteiger partial charge in [-0.3, -0.25) is 4.40 Å². The van der Waals surface area contributed by atoms with Gasteiger partial charge in [-0.25, -0.2) is 13.4 Å². The number of nitrogens with zero attached hydrogens (tertiary/aromatic N) is 3. The summed E-state index contributed by atoms with van der Waals surface area (Å²) in [6, 6.07) is 0. The van der Waals surface area contributed by atoms with Crippen molar-refractivity contribution in [2.75, 3.05) is 39.7 Å². The Balaban J connectivity index is 2.37. The molecule has 0 saturated carbocycles. The van der Waals surface area contributed by atoms with Gasteiger partial charge in [-0.1, -0.05) is 0 Å². The van der Waals surface area contributed by atoms with Crippen LogP contribution < -0.4 is 5.32 Å². The van der Waals surface area contributed by atoms with Gasteiger partial charge in [0.25, 0.3) is 10.0 Å². The van der Waals surface area contributed by atoms with Crippen molar-refractivity contribution in [3.05, 3.63) is 11.6 Å². The summed E-state index contributed by atoms with van der Waals surface area (Å²) >= 11 is 1.40. The van der Waals surface area contributed by atoms with Gasteiger partial charge in [0, 0.05) is 45.9 Å². The zero-order valence-corrected chi connectivity index (χ0v) is 13.3. The van der Waals surface area contributed by atoms with Gasteiger partial charge >= 0.3 is 0 Å². The Morgan fingerprint density at radius 2 is 2.30 bits per heavy atom. The minimum absolute atomic E-state index is 0.177. The molecule has 0 aromatic carbocycles. The number of imidazole rings is 1. The number of rotatable bonds is 7. The number of nitrogens with one attached hydrogen (secondary N) is 1. The van der Waals surface area contributed by atoms with E-state index in [4.69, 9.17) is 4.74 Å². The van der Waals surface area contributed by atoms with Crippen molar-refractivity contribution in [3.8, 4) is 0 Å². The smallest absolute Gasteiger partial charge is 0.262 e. The molecule has 2 heterocycles. The second-order valence-electron chi connectivity index (χ2n) is 4.24. The van der Waals surface area contributed by atoms with E-state index in [0.717, 1.165) is 0 Å². The largest absolute Gasteiger partial charge is 0.385 e. The molecule has 0 bridgehead atoms. The van der Waals surface area contributed by atoms with E-state index in [2.05, 4.69) is 10.3 Å². The molecule has 0 aliphatic heterocycles. The molecule has 2 rings (SSSR count). The fraction of sp³-hybridized carbons (Fsp3) is 0.545. The third kappa shape index (κ3) is 2.66. The standard InChI is InChI=1S/C11H18N4O3S2/c1-12-9-10(15-6-8-19-11(15)13-9)20(16,17)14(2)5-4-7-18-3/h6,8,12H,4-5,7H2,1-3H3. The van der Waals surface area contributed by atoms with Crippen LogP contribution in [-0.4, -0.2) is 56.5 Å². The third-order valence-corrected chi connectivity index (χ3v) is 5.57. The lowest BCUT2D eigenvalue weighted by atomic mass is 10.5. The molecule has 0 aliphatic carbocycles. The van der Waals surface area contributed by atoms with Crippen LogP contribution in [0.3, 0.4) is 0 Å². The van der Waals surface area contributed by atoms with Crippen molar-refractivity contribution in [1.29, 1.82) is 0 Å². The molecule has 0 atom stereocenters. The summed E-state index contributed by atoms with van der Waals surface area (Å²) < 4.78 is 33.2. The highest BCUT2D eigenvalue weighted by Gasteiger charge is 2.29. The first-order valence-corrected chi connectivity index (χ1v) is 8.43. The summed E-state index contributed by atoms with van der Waals surface area (Å²) in [7, 11) is 1.23. The lowest BCUT2D eigenvalue weighted by Crippen LogP contribution is -2.30. The van der Waals surface area contributed by atoms with Gasteiger partial charge in [-0.05, 0) is 6.42 Å². The Morgan fingerprint density at radius 3 is 2.95 bits per heavy atom. The second-order valence-corrected chi connectivity index (χ2v) is 7.08. The molecule has 112 valence electrons. The molecule has 2 aromatic heterocycles. The first-order valence-electron chi connectivity index (χ1n) is 6.11. The van der Waals surface area contributed by atoms with Gasteiger partial charge in [-0.2, -0.15) is 4.31 Å². The van der Waals surface area contributed by atoms with Gasteiger partial charge in [0.15, 0.2) is 15.8 Å². The molecule has 1 N–H and O–H groups in total. The Labute approximate surface area is 122 Å². The van der Waals surface area contributed by atoms with Gasteiger partial charge in [0.05, 0.1) is 0 Å². The lowest BCUT2D eigenvalue weighted by molar-refractivity contribution is 0.189. The van der Waals surface area contributed by atoms with Gasteiger partial charge in [0.2, 0.25) is 0 Å². The van der Waals surface area contributed by atoms with Crippen LogP contribution in [-0.2, 0) is 14.8 Å². The van der Waals surface area contributed by atoms with E-state index in [1.165, 1.54) is 15.6 Å². The summed E-state index contributed by atoms with van der Waals surface area (Å²) in [5.41, 5.74) is 0. The van der Waals surface area contributed by atoms with Gasteiger partial charge < -0.3 is 10.1 Å². The number of hydrogen-bond acceptors (Lipinski definition) is 6. The predicted molar refractivity (Wildman–Crippen MR) is 78.9 cm³/mol. The first kappa shape index (κ1) is 15.2. The highest BCUT2D eigenvalue weighted by molar-refractivity contribution is 7.89. The van der Waals surface area contributed by atoms with Crippen LogP contribution in [0.25, 0.3) is 4.96 Å². The van der Waals surface area contributed by atoms with E-state index in [1.807, 2.05) is 5.38 Å². The SMILES string of the molecule is CNc1nc2sccn2c1S(=O)(=O)N(C)CCCOC. The topological polar surface area (TPSA) is 75.9 Å². The van der Waals surface area contributed by atoms with Crippen LogP contribution in [0.4, 0.5) is 5.82 Å². The average molecular weight is 318 g/mol. The second kappa shape index (κ2) is 6.08. The molecule has 0 fully saturated rings. The zero-order chi connectivity index (χ0) is 14.8. The van der Waals surface area contributed by atoms with Crippen molar-refractivity contribution in [2.24, 2.45) is 0 Å². The Hall–Kier alpha value is -1.16. The van der Waals surface area contributed by atoms with E-state index in [0.29, 0.717) is 30.4 Å². The van der Waals surface area contributed by atoms with Crippen molar-refractivity contribution >= 4 is 32.1 Å². The quantitative estimate of drug-likeness (QED) is 0.774. The Bertz CT molecular complexity index is 677. The van der Waals surface area contributed by atoms with Crippen LogP contribution in [0.5, 0.6) is 0 Å². The van der Waals surface area contributed by atoms with Crippen molar-refractivity contribution in [3.63, 3.8) is 0 Å². The summed E-state index contributed by atoms with van der Waals surface area (Å²) in [5.74, 6) is 0.371. The predicted octanol–water partition coefficient (Wildman–Crippen LogP) is 1.09. The number of thiazole rings is 1. The van der Waals surface area contributed by atoms with E-state index in [9.17, 15) is 8.42 Å². The Morgan fingerprint density at radius 1 is 1.55 bits per heavy atom. The number of fused-ring (bicyclic) bond motifs is 1. The molecule has 0 unspecified atom stereocenters. The third-order valence-electron chi connectivity index (χ3n) is 2.93. The highest BCUT2D eigenvalue weighted by Crippen LogP contribution is 2.27. The van der Waals surface area contributed by atoms with E-state index >= 15 is 0 Å². The molecule has 7 nitrogen and oxygen atoms in total. The molecule has 0 radical (unpaired) electrons.